The first-order chi connectivity index (χ1) is 9.61. The molecule has 2 unspecified atom stereocenters. The smallest absolute Gasteiger partial charge is 0.0108 e. The molecule has 1 heterocycles. The summed E-state index contributed by atoms with van der Waals surface area (Å²) in [6, 6.07) is 0.763. The minimum atomic E-state index is 0.551. The van der Waals surface area contributed by atoms with Crippen LogP contribution in [0.2, 0.25) is 0 Å². The van der Waals surface area contributed by atoms with E-state index in [9.17, 15) is 0 Å². The Kier molecular flexibility index (Phi) is 6.70. The molecule has 0 aromatic carbocycles. The van der Waals surface area contributed by atoms with Crippen LogP contribution in [0, 0.1) is 11.3 Å². The van der Waals surface area contributed by atoms with Crippen molar-refractivity contribution >= 4 is 11.8 Å². The molecule has 20 heavy (non-hydrogen) atoms. The van der Waals surface area contributed by atoms with E-state index in [4.69, 9.17) is 0 Å². The number of hydrogen-bond acceptors (Lipinski definition) is 3. The Hall–Kier alpha value is 0.270. The quantitative estimate of drug-likeness (QED) is 0.834. The van der Waals surface area contributed by atoms with Crippen LogP contribution in [0.25, 0.3) is 0 Å². The van der Waals surface area contributed by atoms with Gasteiger partial charge in [-0.25, -0.2) is 0 Å². The first-order valence-corrected chi connectivity index (χ1v) is 9.80. The van der Waals surface area contributed by atoms with Gasteiger partial charge >= 0.3 is 0 Å². The highest BCUT2D eigenvalue weighted by Gasteiger charge is 2.35. The fourth-order valence-corrected chi connectivity index (χ4v) is 4.76. The normalized spacial score (nSPS) is 31.9. The lowest BCUT2D eigenvalue weighted by Gasteiger charge is -2.43. The summed E-state index contributed by atoms with van der Waals surface area (Å²) in [5.41, 5.74) is 0.551. The molecular formula is C17H34N2S. The van der Waals surface area contributed by atoms with Crippen LogP contribution < -0.4 is 5.32 Å². The largest absolute Gasteiger partial charge is 0.314 e. The third kappa shape index (κ3) is 5.23. The van der Waals surface area contributed by atoms with Gasteiger partial charge in [0.1, 0.15) is 0 Å². The molecule has 1 saturated carbocycles. The predicted molar refractivity (Wildman–Crippen MR) is 91.6 cm³/mol. The fraction of sp³-hybridized carbons (Fsp3) is 1.00. The van der Waals surface area contributed by atoms with E-state index in [0.717, 1.165) is 12.0 Å². The average molecular weight is 299 g/mol. The van der Waals surface area contributed by atoms with Crippen LogP contribution in [0.5, 0.6) is 0 Å². The maximum atomic E-state index is 3.83. The first kappa shape index (κ1) is 16.6. The molecule has 0 spiro atoms. The van der Waals surface area contributed by atoms with Gasteiger partial charge in [-0.05, 0) is 62.3 Å². The molecule has 3 heteroatoms. The Morgan fingerprint density at radius 3 is 2.90 bits per heavy atom. The van der Waals surface area contributed by atoms with Crippen LogP contribution in [-0.4, -0.2) is 48.6 Å². The molecule has 1 saturated heterocycles. The van der Waals surface area contributed by atoms with Crippen LogP contribution in [0.1, 0.15) is 52.9 Å². The number of rotatable bonds is 5. The van der Waals surface area contributed by atoms with Crippen molar-refractivity contribution in [1.29, 1.82) is 0 Å². The third-order valence-electron chi connectivity index (χ3n) is 4.98. The summed E-state index contributed by atoms with van der Waals surface area (Å²) in [6.45, 7) is 12.4. The molecule has 1 aliphatic carbocycles. The van der Waals surface area contributed by atoms with E-state index < -0.39 is 0 Å². The van der Waals surface area contributed by atoms with E-state index in [1.165, 1.54) is 69.8 Å². The van der Waals surface area contributed by atoms with Crippen molar-refractivity contribution in [3.63, 3.8) is 0 Å². The van der Waals surface area contributed by atoms with Gasteiger partial charge in [0.25, 0.3) is 0 Å². The number of nitrogens with one attached hydrogen (secondary N) is 1. The van der Waals surface area contributed by atoms with Gasteiger partial charge in [-0.1, -0.05) is 20.8 Å². The molecular weight excluding hydrogens is 264 g/mol. The highest BCUT2D eigenvalue weighted by atomic mass is 32.2. The Labute approximate surface area is 130 Å². The van der Waals surface area contributed by atoms with E-state index in [1.807, 2.05) is 0 Å². The summed E-state index contributed by atoms with van der Waals surface area (Å²) in [7, 11) is 0. The van der Waals surface area contributed by atoms with Gasteiger partial charge in [0, 0.05) is 24.9 Å². The van der Waals surface area contributed by atoms with Crippen LogP contribution in [-0.2, 0) is 0 Å². The summed E-state index contributed by atoms with van der Waals surface area (Å²) >= 11 is 2.14. The molecule has 1 N–H and O–H groups in total. The second-order valence-electron chi connectivity index (χ2n) is 7.49. The zero-order valence-corrected chi connectivity index (χ0v) is 14.6. The Morgan fingerprint density at radius 2 is 2.10 bits per heavy atom. The maximum Gasteiger partial charge on any atom is 0.0108 e. The van der Waals surface area contributed by atoms with Crippen molar-refractivity contribution in [2.24, 2.45) is 11.3 Å². The van der Waals surface area contributed by atoms with Gasteiger partial charge in [-0.3, -0.25) is 0 Å². The average Bonchev–Trinajstić information content (AvgIpc) is 2.66. The van der Waals surface area contributed by atoms with Crippen molar-refractivity contribution in [1.82, 2.24) is 10.2 Å². The van der Waals surface area contributed by atoms with E-state index in [0.29, 0.717) is 5.41 Å². The van der Waals surface area contributed by atoms with E-state index >= 15 is 0 Å². The Morgan fingerprint density at radius 1 is 1.25 bits per heavy atom. The molecule has 0 amide bonds. The van der Waals surface area contributed by atoms with Crippen molar-refractivity contribution in [2.75, 3.05) is 37.7 Å². The number of thioether (sulfide) groups is 1. The molecule has 2 fully saturated rings. The van der Waals surface area contributed by atoms with Gasteiger partial charge in [0.15, 0.2) is 0 Å². The predicted octanol–water partition coefficient (Wildman–Crippen LogP) is 3.62. The molecule has 2 rings (SSSR count). The van der Waals surface area contributed by atoms with Gasteiger partial charge in [-0.2, -0.15) is 11.8 Å². The SMILES string of the molecule is CCCNC1CCC(C)(C)CC1CN1CCCSCC1. The molecule has 0 aromatic heterocycles. The second kappa shape index (κ2) is 8.05. The number of nitrogens with zero attached hydrogens (tertiary/aromatic N) is 1. The van der Waals surface area contributed by atoms with E-state index in [-0.39, 0.29) is 0 Å². The van der Waals surface area contributed by atoms with Gasteiger partial charge in [0.2, 0.25) is 0 Å². The van der Waals surface area contributed by atoms with Gasteiger partial charge < -0.3 is 10.2 Å². The molecule has 2 atom stereocenters. The molecule has 0 aromatic rings. The number of hydrogen-bond donors (Lipinski definition) is 1. The lowest BCUT2D eigenvalue weighted by Crippen LogP contribution is -2.48. The van der Waals surface area contributed by atoms with Crippen LogP contribution >= 0.6 is 11.8 Å². The van der Waals surface area contributed by atoms with Crippen LogP contribution in [0.3, 0.4) is 0 Å². The minimum absolute atomic E-state index is 0.551. The summed E-state index contributed by atoms with van der Waals surface area (Å²) in [5, 5.41) is 3.83. The summed E-state index contributed by atoms with van der Waals surface area (Å²) < 4.78 is 0. The fourth-order valence-electron chi connectivity index (χ4n) is 3.84. The molecule has 0 bridgehead atoms. The lowest BCUT2D eigenvalue weighted by molar-refractivity contribution is 0.103. The standard InChI is InChI=1S/C17H34N2S/c1-4-8-18-16-6-7-17(2,3)13-15(16)14-19-9-5-11-20-12-10-19/h15-16,18H,4-14H2,1-3H3. The van der Waals surface area contributed by atoms with Gasteiger partial charge in [-0.15, -0.1) is 0 Å². The van der Waals surface area contributed by atoms with Crippen LogP contribution in [0.15, 0.2) is 0 Å². The Balaban J connectivity index is 1.91. The van der Waals surface area contributed by atoms with Gasteiger partial charge in [0.05, 0.1) is 0 Å². The van der Waals surface area contributed by atoms with Crippen molar-refractivity contribution < 1.29 is 0 Å². The second-order valence-corrected chi connectivity index (χ2v) is 8.72. The summed E-state index contributed by atoms with van der Waals surface area (Å²) in [4.78, 5) is 2.74. The first-order valence-electron chi connectivity index (χ1n) is 8.64. The van der Waals surface area contributed by atoms with E-state index in [2.05, 4.69) is 42.7 Å². The van der Waals surface area contributed by atoms with Crippen molar-refractivity contribution in [3.05, 3.63) is 0 Å². The highest BCUT2D eigenvalue weighted by Crippen LogP contribution is 2.39. The molecule has 0 radical (unpaired) electrons. The summed E-state index contributed by atoms with van der Waals surface area (Å²) in [6.07, 6.45) is 6.81. The minimum Gasteiger partial charge on any atom is -0.314 e. The Bertz CT molecular complexity index is 272. The lowest BCUT2D eigenvalue weighted by atomic mass is 9.69. The molecule has 1 aliphatic heterocycles. The third-order valence-corrected chi connectivity index (χ3v) is 6.03. The van der Waals surface area contributed by atoms with Crippen molar-refractivity contribution in [3.8, 4) is 0 Å². The molecule has 2 aliphatic rings. The summed E-state index contributed by atoms with van der Waals surface area (Å²) in [5.74, 6) is 3.56. The monoisotopic (exact) mass is 298 g/mol. The zero-order chi connectivity index (χ0) is 14.4. The highest BCUT2D eigenvalue weighted by molar-refractivity contribution is 7.99. The van der Waals surface area contributed by atoms with Crippen molar-refractivity contribution in [2.45, 2.75) is 58.9 Å². The molecule has 118 valence electrons. The topological polar surface area (TPSA) is 15.3 Å². The van der Waals surface area contributed by atoms with Crippen LogP contribution in [0.4, 0.5) is 0 Å². The zero-order valence-electron chi connectivity index (χ0n) is 13.8. The van der Waals surface area contributed by atoms with E-state index in [1.54, 1.807) is 0 Å². The molecule has 2 nitrogen and oxygen atoms in total. The maximum absolute atomic E-state index is 3.83.